The van der Waals surface area contributed by atoms with Crippen LogP contribution in [0.3, 0.4) is 0 Å². The Morgan fingerprint density at radius 3 is 2.71 bits per heavy atom. The molecule has 1 aromatic rings. The minimum atomic E-state index is 0.231. The number of nitrogens with zero attached hydrogens (tertiary/aromatic N) is 2. The molecule has 0 bridgehead atoms. The van der Waals surface area contributed by atoms with Crippen molar-refractivity contribution in [1.29, 1.82) is 0 Å². The molecule has 0 unspecified atom stereocenters. The first-order valence-electron chi connectivity index (χ1n) is 6.19. The Hall–Kier alpha value is -1.06. The molecule has 0 saturated carbocycles. The summed E-state index contributed by atoms with van der Waals surface area (Å²) in [7, 11) is 2.19. The summed E-state index contributed by atoms with van der Waals surface area (Å²) in [6.45, 7) is 8.75. The van der Waals surface area contributed by atoms with E-state index in [9.17, 15) is 5.11 Å². The van der Waals surface area contributed by atoms with Gasteiger partial charge in [0, 0.05) is 31.7 Å². The Bertz CT molecular complexity index is 390. The van der Waals surface area contributed by atoms with E-state index in [-0.39, 0.29) is 5.54 Å². The van der Waals surface area contributed by atoms with E-state index in [1.807, 2.05) is 12.1 Å². The highest BCUT2D eigenvalue weighted by Gasteiger charge is 2.30. The van der Waals surface area contributed by atoms with Gasteiger partial charge in [0.1, 0.15) is 5.75 Å². The van der Waals surface area contributed by atoms with Crippen LogP contribution in [0.15, 0.2) is 24.3 Å². The molecule has 1 aromatic carbocycles. The zero-order valence-corrected chi connectivity index (χ0v) is 11.0. The van der Waals surface area contributed by atoms with Crippen molar-refractivity contribution in [3.63, 3.8) is 0 Å². The van der Waals surface area contributed by atoms with Gasteiger partial charge in [0.05, 0.1) is 0 Å². The second-order valence-electron chi connectivity index (χ2n) is 5.61. The van der Waals surface area contributed by atoms with E-state index in [2.05, 4.69) is 36.8 Å². The standard InChI is InChI=1S/C14H22N2O/c1-14(2)11-16(8-7-15(14)3)10-12-5-4-6-13(17)9-12/h4-6,9,17H,7-8,10-11H2,1-3H3. The monoisotopic (exact) mass is 234 g/mol. The van der Waals surface area contributed by atoms with Gasteiger partial charge in [-0.15, -0.1) is 0 Å². The maximum atomic E-state index is 9.46. The van der Waals surface area contributed by atoms with Crippen molar-refractivity contribution in [2.75, 3.05) is 26.7 Å². The molecule has 0 radical (unpaired) electrons. The molecule has 0 aliphatic carbocycles. The third-order valence-electron chi connectivity index (χ3n) is 3.71. The van der Waals surface area contributed by atoms with Crippen molar-refractivity contribution < 1.29 is 5.11 Å². The number of phenols is 1. The lowest BCUT2D eigenvalue weighted by atomic mass is 9.99. The van der Waals surface area contributed by atoms with Crippen LogP contribution >= 0.6 is 0 Å². The van der Waals surface area contributed by atoms with Crippen LogP contribution in [0.5, 0.6) is 5.75 Å². The molecule has 1 fully saturated rings. The van der Waals surface area contributed by atoms with Crippen molar-refractivity contribution in [3.05, 3.63) is 29.8 Å². The van der Waals surface area contributed by atoms with Gasteiger partial charge < -0.3 is 5.11 Å². The summed E-state index contributed by atoms with van der Waals surface area (Å²) in [6.07, 6.45) is 0. The van der Waals surface area contributed by atoms with Gasteiger partial charge in [0.15, 0.2) is 0 Å². The van der Waals surface area contributed by atoms with E-state index in [0.29, 0.717) is 5.75 Å². The second-order valence-corrected chi connectivity index (χ2v) is 5.61. The molecule has 0 atom stereocenters. The van der Waals surface area contributed by atoms with Gasteiger partial charge in [-0.2, -0.15) is 0 Å². The molecule has 0 aromatic heterocycles. The Balaban J connectivity index is 2.01. The van der Waals surface area contributed by atoms with Gasteiger partial charge in [0.25, 0.3) is 0 Å². The molecule has 2 rings (SSSR count). The number of likely N-dealkylation sites (N-methyl/N-ethyl adjacent to an activating group) is 1. The largest absolute Gasteiger partial charge is 0.508 e. The summed E-state index contributed by atoms with van der Waals surface area (Å²) in [4.78, 5) is 4.86. The predicted octanol–water partition coefficient (Wildman–Crippen LogP) is 1.92. The summed E-state index contributed by atoms with van der Waals surface area (Å²) in [6, 6.07) is 7.56. The summed E-state index contributed by atoms with van der Waals surface area (Å²) >= 11 is 0. The Morgan fingerprint density at radius 1 is 1.29 bits per heavy atom. The van der Waals surface area contributed by atoms with Crippen molar-refractivity contribution in [2.24, 2.45) is 0 Å². The van der Waals surface area contributed by atoms with Crippen molar-refractivity contribution in [3.8, 4) is 5.75 Å². The average Bonchev–Trinajstić information content (AvgIpc) is 2.23. The SMILES string of the molecule is CN1CCN(Cc2cccc(O)c2)CC1(C)C. The summed E-state index contributed by atoms with van der Waals surface area (Å²) in [5.41, 5.74) is 1.42. The second kappa shape index (κ2) is 4.67. The maximum Gasteiger partial charge on any atom is 0.115 e. The lowest BCUT2D eigenvalue weighted by molar-refractivity contribution is 0.0360. The van der Waals surface area contributed by atoms with Crippen LogP contribution in [-0.4, -0.2) is 47.1 Å². The summed E-state index contributed by atoms with van der Waals surface area (Å²) in [5, 5.41) is 9.46. The van der Waals surface area contributed by atoms with Crippen LogP contribution in [-0.2, 0) is 6.54 Å². The summed E-state index contributed by atoms with van der Waals surface area (Å²) in [5.74, 6) is 0.357. The first kappa shape index (κ1) is 12.4. The van der Waals surface area contributed by atoms with Gasteiger partial charge in [-0.3, -0.25) is 9.80 Å². The van der Waals surface area contributed by atoms with Crippen molar-refractivity contribution >= 4 is 0 Å². The topological polar surface area (TPSA) is 26.7 Å². The fourth-order valence-corrected chi connectivity index (χ4v) is 2.39. The van der Waals surface area contributed by atoms with Crippen LogP contribution in [0, 0.1) is 0 Å². The lowest BCUT2D eigenvalue weighted by Gasteiger charge is -2.45. The van der Waals surface area contributed by atoms with Crippen molar-refractivity contribution in [1.82, 2.24) is 9.80 Å². The molecule has 3 nitrogen and oxygen atoms in total. The fourth-order valence-electron chi connectivity index (χ4n) is 2.39. The van der Waals surface area contributed by atoms with Crippen LogP contribution in [0.25, 0.3) is 0 Å². The number of hydrogen-bond acceptors (Lipinski definition) is 3. The van der Waals surface area contributed by atoms with E-state index in [0.717, 1.165) is 26.2 Å². The molecule has 1 N–H and O–H groups in total. The zero-order chi connectivity index (χ0) is 12.5. The van der Waals surface area contributed by atoms with Crippen molar-refractivity contribution in [2.45, 2.75) is 25.9 Å². The molecular weight excluding hydrogens is 212 g/mol. The predicted molar refractivity (Wildman–Crippen MR) is 70.1 cm³/mol. The van der Waals surface area contributed by atoms with Gasteiger partial charge in [-0.05, 0) is 38.6 Å². The highest BCUT2D eigenvalue weighted by molar-refractivity contribution is 5.27. The van der Waals surface area contributed by atoms with Crippen LogP contribution in [0.2, 0.25) is 0 Å². The Labute approximate surface area is 104 Å². The van der Waals surface area contributed by atoms with Gasteiger partial charge in [-0.25, -0.2) is 0 Å². The first-order valence-corrected chi connectivity index (χ1v) is 6.19. The smallest absolute Gasteiger partial charge is 0.115 e. The van der Waals surface area contributed by atoms with E-state index in [4.69, 9.17) is 0 Å². The highest BCUT2D eigenvalue weighted by atomic mass is 16.3. The molecule has 1 heterocycles. The first-order chi connectivity index (χ1) is 7.97. The normalized spacial score (nSPS) is 21.6. The summed E-state index contributed by atoms with van der Waals surface area (Å²) < 4.78 is 0. The molecule has 0 spiro atoms. The van der Waals surface area contributed by atoms with E-state index in [1.54, 1.807) is 6.07 Å². The van der Waals surface area contributed by atoms with E-state index in [1.165, 1.54) is 5.56 Å². The van der Waals surface area contributed by atoms with Crippen LogP contribution in [0.4, 0.5) is 0 Å². The third-order valence-corrected chi connectivity index (χ3v) is 3.71. The van der Waals surface area contributed by atoms with E-state index < -0.39 is 0 Å². The van der Waals surface area contributed by atoms with Gasteiger partial charge in [0.2, 0.25) is 0 Å². The quantitative estimate of drug-likeness (QED) is 0.847. The van der Waals surface area contributed by atoms with E-state index >= 15 is 0 Å². The van der Waals surface area contributed by atoms with Crippen LogP contribution in [0.1, 0.15) is 19.4 Å². The molecule has 1 aliphatic rings. The highest BCUT2D eigenvalue weighted by Crippen LogP contribution is 2.21. The lowest BCUT2D eigenvalue weighted by Crippen LogP contribution is -2.57. The minimum Gasteiger partial charge on any atom is -0.508 e. The molecule has 94 valence electrons. The zero-order valence-electron chi connectivity index (χ0n) is 11.0. The number of hydrogen-bond donors (Lipinski definition) is 1. The number of aromatic hydroxyl groups is 1. The molecule has 1 aliphatic heterocycles. The third kappa shape index (κ3) is 2.99. The average molecular weight is 234 g/mol. The molecule has 3 heteroatoms. The van der Waals surface area contributed by atoms with Gasteiger partial charge in [-0.1, -0.05) is 12.1 Å². The Morgan fingerprint density at radius 2 is 2.06 bits per heavy atom. The number of benzene rings is 1. The minimum absolute atomic E-state index is 0.231. The molecule has 17 heavy (non-hydrogen) atoms. The molecule has 1 saturated heterocycles. The fraction of sp³-hybridized carbons (Fsp3) is 0.571. The van der Waals surface area contributed by atoms with Crippen LogP contribution < -0.4 is 0 Å². The number of piperazine rings is 1. The van der Waals surface area contributed by atoms with Gasteiger partial charge >= 0.3 is 0 Å². The molecule has 0 amide bonds. The number of rotatable bonds is 2. The maximum absolute atomic E-state index is 9.46. The molecular formula is C14H22N2O. The number of phenolic OH excluding ortho intramolecular Hbond substituents is 1. The Kier molecular flexibility index (Phi) is 3.40.